The van der Waals surface area contributed by atoms with Crippen molar-refractivity contribution in [1.82, 2.24) is 30.9 Å². The van der Waals surface area contributed by atoms with Crippen molar-refractivity contribution in [2.75, 3.05) is 6.54 Å². The molecule has 0 radical (unpaired) electrons. The largest absolute Gasteiger partial charge is 0.334 e. The van der Waals surface area contributed by atoms with Crippen LogP contribution in [0.4, 0.5) is 0 Å². The second-order valence-electron chi connectivity index (χ2n) is 4.69. The molecule has 7 nitrogen and oxygen atoms in total. The Hall–Kier alpha value is -2.54. The minimum atomic E-state index is 0.435. The number of nitrogens with zero attached hydrogens (tertiary/aromatic N) is 4. The van der Waals surface area contributed by atoms with Crippen LogP contribution in [0.25, 0.3) is 23.0 Å². The van der Waals surface area contributed by atoms with Crippen LogP contribution in [0.3, 0.4) is 0 Å². The molecule has 0 atom stereocenters. The molecule has 4 rings (SSSR count). The fourth-order valence-electron chi connectivity index (χ4n) is 2.37. The van der Waals surface area contributed by atoms with Gasteiger partial charge in [0.2, 0.25) is 5.82 Å². The molecule has 2 aromatic heterocycles. The lowest BCUT2D eigenvalue weighted by Crippen LogP contribution is -2.23. The van der Waals surface area contributed by atoms with E-state index < -0.39 is 0 Å². The highest BCUT2D eigenvalue weighted by Crippen LogP contribution is 2.24. The summed E-state index contributed by atoms with van der Waals surface area (Å²) in [7, 11) is 0. The van der Waals surface area contributed by atoms with Gasteiger partial charge in [0.25, 0.3) is 5.89 Å². The molecule has 20 heavy (non-hydrogen) atoms. The van der Waals surface area contributed by atoms with Crippen molar-refractivity contribution in [1.29, 1.82) is 0 Å². The van der Waals surface area contributed by atoms with E-state index in [1.807, 2.05) is 6.07 Å². The summed E-state index contributed by atoms with van der Waals surface area (Å²) >= 11 is 0. The molecule has 0 bridgehead atoms. The molecule has 0 fully saturated rings. The van der Waals surface area contributed by atoms with Gasteiger partial charge in [-0.25, -0.2) is 0 Å². The monoisotopic (exact) mass is 268 g/mol. The molecule has 0 aliphatic carbocycles. The number of rotatable bonds is 2. The fourth-order valence-corrected chi connectivity index (χ4v) is 2.37. The molecule has 3 aromatic rings. The molecular weight excluding hydrogens is 256 g/mol. The zero-order valence-corrected chi connectivity index (χ0v) is 10.6. The Morgan fingerprint density at radius 2 is 2.20 bits per heavy atom. The number of hydrogen-bond acceptors (Lipinski definition) is 6. The highest BCUT2D eigenvalue weighted by Gasteiger charge is 2.15. The number of benzene rings is 1. The summed E-state index contributed by atoms with van der Waals surface area (Å²) in [6.07, 6.45) is 2.62. The minimum Gasteiger partial charge on any atom is -0.334 e. The third-order valence-corrected chi connectivity index (χ3v) is 3.41. The fraction of sp³-hybridized carbons (Fsp3) is 0.231. The normalized spacial score (nSPS) is 14.2. The minimum absolute atomic E-state index is 0.435. The van der Waals surface area contributed by atoms with Gasteiger partial charge < -0.3 is 9.84 Å². The number of fused-ring (bicyclic) bond motifs is 1. The van der Waals surface area contributed by atoms with Crippen LogP contribution in [0.1, 0.15) is 11.1 Å². The highest BCUT2D eigenvalue weighted by atomic mass is 16.5. The summed E-state index contributed by atoms with van der Waals surface area (Å²) in [5.74, 6) is 0.931. The van der Waals surface area contributed by atoms with Gasteiger partial charge in [-0.05, 0) is 36.2 Å². The zero-order chi connectivity index (χ0) is 13.4. The number of nitrogens with one attached hydrogen (secondary N) is 2. The van der Waals surface area contributed by atoms with E-state index in [4.69, 9.17) is 4.52 Å². The molecule has 3 heterocycles. The molecule has 2 N–H and O–H groups in total. The van der Waals surface area contributed by atoms with Gasteiger partial charge in [0, 0.05) is 12.1 Å². The Balaban J connectivity index is 1.71. The van der Waals surface area contributed by atoms with E-state index in [-0.39, 0.29) is 0 Å². The van der Waals surface area contributed by atoms with Crippen molar-refractivity contribution in [3.8, 4) is 23.0 Å². The van der Waals surface area contributed by atoms with E-state index in [1.165, 1.54) is 11.1 Å². The molecule has 1 aliphatic heterocycles. The lowest BCUT2D eigenvalue weighted by molar-refractivity contribution is 0.432. The summed E-state index contributed by atoms with van der Waals surface area (Å²) in [6, 6.07) is 6.25. The predicted molar refractivity (Wildman–Crippen MR) is 70.5 cm³/mol. The Morgan fingerprint density at radius 1 is 1.20 bits per heavy atom. The topological polar surface area (TPSA) is 92.5 Å². The van der Waals surface area contributed by atoms with Crippen molar-refractivity contribution in [2.24, 2.45) is 0 Å². The van der Waals surface area contributed by atoms with Crippen molar-refractivity contribution >= 4 is 0 Å². The van der Waals surface area contributed by atoms with Crippen LogP contribution >= 0.6 is 0 Å². The van der Waals surface area contributed by atoms with Gasteiger partial charge in [0.1, 0.15) is 0 Å². The van der Waals surface area contributed by atoms with E-state index in [9.17, 15) is 0 Å². The number of H-pyrrole nitrogens is 1. The third kappa shape index (κ3) is 1.88. The van der Waals surface area contributed by atoms with Crippen molar-refractivity contribution < 1.29 is 4.52 Å². The van der Waals surface area contributed by atoms with Gasteiger partial charge >= 0.3 is 0 Å². The molecule has 0 unspecified atom stereocenters. The molecule has 1 aliphatic rings. The van der Waals surface area contributed by atoms with Crippen LogP contribution in [0, 0.1) is 0 Å². The number of hydrogen-bond donors (Lipinski definition) is 2. The van der Waals surface area contributed by atoms with E-state index in [2.05, 4.69) is 43.0 Å². The molecule has 7 heteroatoms. The van der Waals surface area contributed by atoms with Crippen LogP contribution in [0.2, 0.25) is 0 Å². The van der Waals surface area contributed by atoms with Crippen LogP contribution < -0.4 is 5.32 Å². The number of aromatic nitrogens is 5. The summed E-state index contributed by atoms with van der Waals surface area (Å²) in [4.78, 5) is 4.35. The van der Waals surface area contributed by atoms with Gasteiger partial charge in [-0.1, -0.05) is 11.2 Å². The summed E-state index contributed by atoms with van der Waals surface area (Å²) in [6.45, 7) is 1.91. The first kappa shape index (κ1) is 11.3. The quantitative estimate of drug-likeness (QED) is 0.724. The molecule has 0 amide bonds. The van der Waals surface area contributed by atoms with Crippen molar-refractivity contribution in [3.63, 3.8) is 0 Å². The average molecular weight is 268 g/mol. The first-order valence-electron chi connectivity index (χ1n) is 6.43. The molecule has 100 valence electrons. The maximum Gasteiger partial charge on any atom is 0.258 e. The Morgan fingerprint density at radius 3 is 3.10 bits per heavy atom. The molecular formula is C13H12N6O. The van der Waals surface area contributed by atoms with E-state index in [0.29, 0.717) is 17.4 Å². The SMILES string of the molecule is c1cc2c(cc1-c1nc(-c3cn[nH]n3)no1)CNCC2. The Labute approximate surface area is 114 Å². The van der Waals surface area contributed by atoms with Crippen LogP contribution in [0.15, 0.2) is 28.9 Å². The standard InChI is InChI=1S/C13H12N6O/c1-2-9(5-10-6-14-4-3-8(1)10)13-16-12(18-20-13)11-7-15-19-17-11/h1-2,5,7,14H,3-4,6H2,(H,15,17,19). The Kier molecular flexibility index (Phi) is 2.56. The molecule has 0 saturated heterocycles. The lowest BCUT2D eigenvalue weighted by Gasteiger charge is -2.16. The number of aromatic amines is 1. The predicted octanol–water partition coefficient (Wildman–Crippen LogP) is 1.17. The Bertz CT molecular complexity index is 733. The summed E-state index contributed by atoms with van der Waals surface area (Å²) in [5.41, 5.74) is 4.16. The average Bonchev–Trinajstić information content (AvgIpc) is 3.17. The van der Waals surface area contributed by atoms with Crippen molar-refractivity contribution in [2.45, 2.75) is 13.0 Å². The summed E-state index contributed by atoms with van der Waals surface area (Å²) < 4.78 is 5.30. The van der Waals surface area contributed by atoms with Crippen LogP contribution in [0.5, 0.6) is 0 Å². The lowest BCUT2D eigenvalue weighted by atomic mass is 9.98. The zero-order valence-electron chi connectivity index (χ0n) is 10.6. The molecule has 0 saturated carbocycles. The summed E-state index contributed by atoms with van der Waals surface area (Å²) in [5, 5.41) is 17.5. The third-order valence-electron chi connectivity index (χ3n) is 3.41. The van der Waals surface area contributed by atoms with E-state index in [0.717, 1.165) is 25.1 Å². The molecule has 0 spiro atoms. The van der Waals surface area contributed by atoms with Gasteiger partial charge in [0.05, 0.1) is 6.20 Å². The van der Waals surface area contributed by atoms with Gasteiger partial charge in [-0.3, -0.25) is 0 Å². The first-order chi connectivity index (χ1) is 9.90. The first-order valence-corrected chi connectivity index (χ1v) is 6.43. The second kappa shape index (κ2) is 4.53. The van der Waals surface area contributed by atoms with Gasteiger partial charge in [-0.2, -0.15) is 20.4 Å². The maximum atomic E-state index is 5.30. The van der Waals surface area contributed by atoms with E-state index >= 15 is 0 Å². The van der Waals surface area contributed by atoms with Crippen LogP contribution in [-0.4, -0.2) is 32.1 Å². The van der Waals surface area contributed by atoms with Crippen LogP contribution in [-0.2, 0) is 13.0 Å². The second-order valence-corrected chi connectivity index (χ2v) is 4.69. The van der Waals surface area contributed by atoms with Crippen molar-refractivity contribution in [3.05, 3.63) is 35.5 Å². The molecule has 1 aromatic carbocycles. The van der Waals surface area contributed by atoms with Gasteiger partial charge in [-0.15, -0.1) is 0 Å². The smallest absolute Gasteiger partial charge is 0.258 e. The maximum absolute atomic E-state index is 5.30. The van der Waals surface area contributed by atoms with Gasteiger partial charge in [0.15, 0.2) is 5.69 Å². The van der Waals surface area contributed by atoms with E-state index in [1.54, 1.807) is 6.20 Å². The highest BCUT2D eigenvalue weighted by molar-refractivity contribution is 5.58.